The van der Waals surface area contributed by atoms with E-state index in [1.807, 2.05) is 0 Å². The van der Waals surface area contributed by atoms with Crippen molar-refractivity contribution in [1.82, 2.24) is 9.62 Å². The first-order chi connectivity index (χ1) is 10.5. The highest BCUT2D eigenvalue weighted by atomic mass is 32.2. The van der Waals surface area contributed by atoms with Crippen LogP contribution in [0.1, 0.15) is 71.1 Å². The Bertz CT molecular complexity index is 453. The fourth-order valence-electron chi connectivity index (χ4n) is 4.84. The van der Waals surface area contributed by atoms with Crippen LogP contribution < -0.4 is 5.32 Å². The van der Waals surface area contributed by atoms with E-state index in [9.17, 15) is 8.42 Å². The summed E-state index contributed by atoms with van der Waals surface area (Å²) in [5.74, 6) is 0.232. The summed E-state index contributed by atoms with van der Waals surface area (Å²) in [6.45, 7) is 3.13. The molecule has 2 saturated carbocycles. The average molecular weight is 329 g/mol. The van der Waals surface area contributed by atoms with E-state index in [-0.39, 0.29) is 5.75 Å². The van der Waals surface area contributed by atoms with Crippen molar-refractivity contribution in [3.8, 4) is 0 Å². The van der Waals surface area contributed by atoms with E-state index in [2.05, 4.69) is 5.32 Å². The Kier molecular flexibility index (Phi) is 5.15. The van der Waals surface area contributed by atoms with E-state index in [1.165, 1.54) is 51.4 Å². The van der Waals surface area contributed by atoms with Gasteiger partial charge in [-0.25, -0.2) is 12.7 Å². The van der Waals surface area contributed by atoms with Gasteiger partial charge >= 0.3 is 0 Å². The van der Waals surface area contributed by atoms with Gasteiger partial charge in [-0.15, -0.1) is 0 Å². The van der Waals surface area contributed by atoms with Crippen LogP contribution in [0.4, 0.5) is 0 Å². The van der Waals surface area contributed by atoms with Crippen LogP contribution in [0.15, 0.2) is 0 Å². The molecule has 128 valence electrons. The Hall–Kier alpha value is -0.130. The second-order valence-electron chi connectivity index (χ2n) is 7.72. The Labute approximate surface area is 136 Å². The maximum atomic E-state index is 11.9. The zero-order chi connectivity index (χ0) is 15.6. The molecule has 3 fully saturated rings. The summed E-state index contributed by atoms with van der Waals surface area (Å²) < 4.78 is 25.5. The Balaban J connectivity index is 1.42. The standard InChI is InChI=1S/C17H32N2O2S/c1-2-22(20,21)19-13-7-16(8-14-19)18-15-5-11-17(12-6-15)9-3-4-10-17/h15-16,18H,2-14H2,1H3. The number of nitrogens with one attached hydrogen (secondary N) is 1. The molecule has 1 heterocycles. The summed E-state index contributed by atoms with van der Waals surface area (Å²) in [5.41, 5.74) is 0.705. The number of rotatable bonds is 4. The van der Waals surface area contributed by atoms with Gasteiger partial charge in [-0.3, -0.25) is 0 Å². The first kappa shape index (κ1) is 16.7. The molecule has 2 aliphatic carbocycles. The molecule has 1 spiro atoms. The predicted octanol–water partition coefficient (Wildman–Crippen LogP) is 2.89. The van der Waals surface area contributed by atoms with Gasteiger partial charge in [0.1, 0.15) is 0 Å². The van der Waals surface area contributed by atoms with E-state index in [0.29, 0.717) is 30.6 Å². The van der Waals surface area contributed by atoms with Crippen molar-refractivity contribution in [2.24, 2.45) is 5.41 Å². The van der Waals surface area contributed by atoms with E-state index >= 15 is 0 Å². The number of nitrogens with zero attached hydrogens (tertiary/aromatic N) is 1. The molecular weight excluding hydrogens is 296 g/mol. The third-order valence-electron chi connectivity index (χ3n) is 6.39. The van der Waals surface area contributed by atoms with Crippen LogP contribution in [0.5, 0.6) is 0 Å². The number of piperidine rings is 1. The number of sulfonamides is 1. The second kappa shape index (κ2) is 6.78. The van der Waals surface area contributed by atoms with Gasteiger partial charge in [0.2, 0.25) is 10.0 Å². The van der Waals surface area contributed by atoms with Gasteiger partial charge in [0.25, 0.3) is 0 Å². The molecule has 1 aliphatic heterocycles. The van der Waals surface area contributed by atoms with Crippen LogP contribution >= 0.6 is 0 Å². The van der Waals surface area contributed by atoms with Crippen molar-refractivity contribution in [3.05, 3.63) is 0 Å². The van der Waals surface area contributed by atoms with Crippen molar-refractivity contribution in [1.29, 1.82) is 0 Å². The average Bonchev–Trinajstić information content (AvgIpc) is 2.99. The van der Waals surface area contributed by atoms with Crippen LogP contribution in [0.25, 0.3) is 0 Å². The molecule has 1 saturated heterocycles. The lowest BCUT2D eigenvalue weighted by Crippen LogP contribution is -2.49. The summed E-state index contributed by atoms with van der Waals surface area (Å²) in [5, 5.41) is 3.83. The van der Waals surface area contributed by atoms with Crippen LogP contribution in [0.2, 0.25) is 0 Å². The summed E-state index contributed by atoms with van der Waals surface area (Å²) in [6.07, 6.45) is 13.2. The normalized spacial score (nSPS) is 28.4. The highest BCUT2D eigenvalue weighted by Crippen LogP contribution is 2.48. The summed E-state index contributed by atoms with van der Waals surface area (Å²) in [7, 11) is -2.99. The Morgan fingerprint density at radius 2 is 1.50 bits per heavy atom. The fourth-order valence-corrected chi connectivity index (χ4v) is 5.97. The first-order valence-corrected chi connectivity index (χ1v) is 10.9. The van der Waals surface area contributed by atoms with E-state index in [4.69, 9.17) is 0 Å². The van der Waals surface area contributed by atoms with Gasteiger partial charge in [-0.1, -0.05) is 12.8 Å². The second-order valence-corrected chi connectivity index (χ2v) is 9.98. The monoisotopic (exact) mass is 328 g/mol. The lowest BCUT2D eigenvalue weighted by Gasteiger charge is -2.40. The van der Waals surface area contributed by atoms with E-state index in [0.717, 1.165) is 12.8 Å². The van der Waals surface area contributed by atoms with Gasteiger partial charge in [-0.2, -0.15) is 0 Å². The summed E-state index contributed by atoms with van der Waals surface area (Å²) in [4.78, 5) is 0. The van der Waals surface area contributed by atoms with Crippen LogP contribution in [-0.4, -0.2) is 43.6 Å². The molecule has 0 amide bonds. The molecule has 0 radical (unpaired) electrons. The predicted molar refractivity (Wildman–Crippen MR) is 90.3 cm³/mol. The summed E-state index contributed by atoms with van der Waals surface area (Å²) >= 11 is 0. The minimum Gasteiger partial charge on any atom is -0.311 e. The van der Waals surface area contributed by atoms with Crippen molar-refractivity contribution < 1.29 is 8.42 Å². The van der Waals surface area contributed by atoms with Crippen LogP contribution in [-0.2, 0) is 10.0 Å². The fraction of sp³-hybridized carbons (Fsp3) is 1.00. The summed E-state index contributed by atoms with van der Waals surface area (Å²) in [6, 6.07) is 1.19. The molecular formula is C17H32N2O2S. The minimum atomic E-state index is -2.99. The lowest BCUT2D eigenvalue weighted by atomic mass is 9.71. The number of hydrogen-bond donors (Lipinski definition) is 1. The zero-order valence-electron chi connectivity index (χ0n) is 14.0. The van der Waals surface area contributed by atoms with Crippen molar-refractivity contribution in [3.63, 3.8) is 0 Å². The molecule has 0 unspecified atom stereocenters. The molecule has 3 rings (SSSR count). The van der Waals surface area contributed by atoms with Gasteiger partial charge in [0.05, 0.1) is 5.75 Å². The van der Waals surface area contributed by atoms with E-state index in [1.54, 1.807) is 11.2 Å². The van der Waals surface area contributed by atoms with Crippen molar-refractivity contribution in [2.45, 2.75) is 83.2 Å². The quantitative estimate of drug-likeness (QED) is 0.863. The smallest absolute Gasteiger partial charge is 0.213 e. The zero-order valence-corrected chi connectivity index (χ0v) is 14.8. The molecule has 0 aromatic rings. The van der Waals surface area contributed by atoms with E-state index < -0.39 is 10.0 Å². The van der Waals surface area contributed by atoms with Crippen molar-refractivity contribution in [2.75, 3.05) is 18.8 Å². The topological polar surface area (TPSA) is 49.4 Å². The molecule has 0 atom stereocenters. The molecule has 0 bridgehead atoms. The van der Waals surface area contributed by atoms with Gasteiger partial charge in [0.15, 0.2) is 0 Å². The molecule has 0 aromatic carbocycles. The highest BCUT2D eigenvalue weighted by Gasteiger charge is 2.38. The SMILES string of the molecule is CCS(=O)(=O)N1CCC(NC2CCC3(CCCC3)CC2)CC1. The lowest BCUT2D eigenvalue weighted by molar-refractivity contribution is 0.154. The Morgan fingerprint density at radius 1 is 0.955 bits per heavy atom. The molecule has 22 heavy (non-hydrogen) atoms. The third kappa shape index (κ3) is 3.68. The highest BCUT2D eigenvalue weighted by molar-refractivity contribution is 7.89. The first-order valence-electron chi connectivity index (χ1n) is 9.27. The molecule has 1 N–H and O–H groups in total. The Morgan fingerprint density at radius 3 is 2.05 bits per heavy atom. The molecule has 5 heteroatoms. The molecule has 3 aliphatic rings. The maximum absolute atomic E-state index is 11.9. The van der Waals surface area contributed by atoms with Crippen molar-refractivity contribution >= 4 is 10.0 Å². The van der Waals surface area contributed by atoms with Gasteiger partial charge in [-0.05, 0) is 63.7 Å². The molecule has 4 nitrogen and oxygen atoms in total. The van der Waals surface area contributed by atoms with Crippen LogP contribution in [0.3, 0.4) is 0 Å². The van der Waals surface area contributed by atoms with Gasteiger partial charge < -0.3 is 5.32 Å². The van der Waals surface area contributed by atoms with Gasteiger partial charge in [0, 0.05) is 25.2 Å². The van der Waals surface area contributed by atoms with Crippen LogP contribution in [0, 0.1) is 5.41 Å². The molecule has 0 aromatic heterocycles. The number of hydrogen-bond acceptors (Lipinski definition) is 3. The minimum absolute atomic E-state index is 0.232. The maximum Gasteiger partial charge on any atom is 0.213 e. The largest absolute Gasteiger partial charge is 0.311 e. The third-order valence-corrected chi connectivity index (χ3v) is 8.28.